The molecule has 1 aliphatic heterocycles. The van der Waals surface area contributed by atoms with Crippen molar-refractivity contribution in [3.8, 4) is 5.75 Å². The van der Waals surface area contributed by atoms with Gasteiger partial charge in [-0.3, -0.25) is 9.52 Å². The predicted octanol–water partition coefficient (Wildman–Crippen LogP) is 3.71. The van der Waals surface area contributed by atoms with Gasteiger partial charge in [0.2, 0.25) is 5.91 Å². The molecular formula is C20H23FN2O4S. The van der Waals surface area contributed by atoms with E-state index in [1.807, 2.05) is 20.8 Å². The summed E-state index contributed by atoms with van der Waals surface area (Å²) in [6.45, 7) is 7.68. The molecule has 2 aromatic rings. The fourth-order valence-corrected chi connectivity index (χ4v) is 4.43. The highest BCUT2D eigenvalue weighted by molar-refractivity contribution is 7.92. The van der Waals surface area contributed by atoms with E-state index in [9.17, 15) is 17.6 Å². The minimum absolute atomic E-state index is 0.00347. The molecule has 2 aromatic carbocycles. The summed E-state index contributed by atoms with van der Waals surface area (Å²) >= 11 is 0. The van der Waals surface area contributed by atoms with Gasteiger partial charge < -0.3 is 9.64 Å². The van der Waals surface area contributed by atoms with Crippen LogP contribution in [0.1, 0.15) is 26.3 Å². The minimum Gasteiger partial charge on any atom is -0.490 e. The van der Waals surface area contributed by atoms with Crippen molar-refractivity contribution in [1.29, 1.82) is 0 Å². The Morgan fingerprint density at radius 2 is 1.93 bits per heavy atom. The summed E-state index contributed by atoms with van der Waals surface area (Å²) in [6, 6.07) is 8.30. The number of amides is 1. The molecule has 1 amide bonds. The van der Waals surface area contributed by atoms with E-state index in [0.29, 0.717) is 29.2 Å². The monoisotopic (exact) mass is 406 g/mol. The number of rotatable bonds is 4. The summed E-state index contributed by atoms with van der Waals surface area (Å²) in [7, 11) is -3.90. The molecule has 1 N–H and O–H groups in total. The van der Waals surface area contributed by atoms with E-state index in [2.05, 4.69) is 4.72 Å². The van der Waals surface area contributed by atoms with Gasteiger partial charge in [-0.25, -0.2) is 12.8 Å². The Kier molecular flexibility index (Phi) is 5.10. The number of aryl methyl sites for hydroxylation is 1. The summed E-state index contributed by atoms with van der Waals surface area (Å²) in [5.74, 6) is -0.123. The van der Waals surface area contributed by atoms with Crippen LogP contribution < -0.4 is 14.4 Å². The van der Waals surface area contributed by atoms with Crippen LogP contribution in [-0.4, -0.2) is 27.5 Å². The van der Waals surface area contributed by atoms with E-state index in [1.54, 1.807) is 23.1 Å². The van der Waals surface area contributed by atoms with Crippen LogP contribution in [-0.2, 0) is 14.8 Å². The SMILES string of the molecule is CCN1C(=O)C(C)(C)COc2cc(NS(=O)(=O)c3ccc(F)cc3C)ccc21. The molecular weight excluding hydrogens is 383 g/mol. The molecule has 150 valence electrons. The summed E-state index contributed by atoms with van der Waals surface area (Å²) in [4.78, 5) is 14.4. The summed E-state index contributed by atoms with van der Waals surface area (Å²) in [6.07, 6.45) is 0. The molecule has 0 radical (unpaired) electrons. The lowest BCUT2D eigenvalue weighted by Crippen LogP contribution is -2.42. The standard InChI is InChI=1S/C20H23FN2O4S/c1-5-23-16-8-7-15(11-17(16)27-12-20(3,4)19(23)24)22-28(25,26)18-9-6-14(21)10-13(18)2/h6-11,22H,5,12H2,1-4H3. The first kappa shape index (κ1) is 20.1. The van der Waals surface area contributed by atoms with Crippen molar-refractivity contribution in [2.24, 2.45) is 5.41 Å². The number of benzene rings is 2. The fraction of sp³-hybridized carbons (Fsp3) is 0.350. The van der Waals surface area contributed by atoms with Crippen LogP contribution in [0.2, 0.25) is 0 Å². The lowest BCUT2D eigenvalue weighted by molar-refractivity contribution is -0.127. The molecule has 0 aliphatic carbocycles. The van der Waals surface area contributed by atoms with Gasteiger partial charge in [0, 0.05) is 12.6 Å². The minimum atomic E-state index is -3.90. The summed E-state index contributed by atoms with van der Waals surface area (Å²) in [5, 5.41) is 0. The molecule has 0 saturated carbocycles. The van der Waals surface area contributed by atoms with Crippen LogP contribution in [0.5, 0.6) is 5.75 Å². The molecule has 0 fully saturated rings. The smallest absolute Gasteiger partial charge is 0.262 e. The first-order valence-electron chi connectivity index (χ1n) is 8.93. The van der Waals surface area contributed by atoms with Crippen molar-refractivity contribution in [2.75, 3.05) is 22.8 Å². The van der Waals surface area contributed by atoms with Crippen molar-refractivity contribution < 1.29 is 22.3 Å². The van der Waals surface area contributed by atoms with Crippen molar-refractivity contribution in [3.05, 3.63) is 47.8 Å². The molecule has 1 aliphatic rings. The highest BCUT2D eigenvalue weighted by Gasteiger charge is 2.37. The first-order valence-corrected chi connectivity index (χ1v) is 10.4. The van der Waals surface area contributed by atoms with Gasteiger partial charge in [-0.05, 0) is 63.6 Å². The number of fused-ring (bicyclic) bond motifs is 1. The number of halogens is 1. The molecule has 28 heavy (non-hydrogen) atoms. The predicted molar refractivity (Wildman–Crippen MR) is 106 cm³/mol. The normalized spacial score (nSPS) is 16.2. The van der Waals surface area contributed by atoms with E-state index < -0.39 is 21.3 Å². The van der Waals surface area contributed by atoms with Gasteiger partial charge in [0.1, 0.15) is 18.2 Å². The highest BCUT2D eigenvalue weighted by Crippen LogP contribution is 2.38. The van der Waals surface area contributed by atoms with E-state index in [0.717, 1.165) is 6.07 Å². The number of nitrogens with one attached hydrogen (secondary N) is 1. The number of nitrogens with zero attached hydrogens (tertiary/aromatic N) is 1. The Morgan fingerprint density at radius 3 is 2.57 bits per heavy atom. The number of hydrogen-bond donors (Lipinski definition) is 1. The molecule has 0 saturated heterocycles. The second-order valence-electron chi connectivity index (χ2n) is 7.42. The Balaban J connectivity index is 1.96. The van der Waals surface area contributed by atoms with E-state index in [1.165, 1.54) is 19.1 Å². The van der Waals surface area contributed by atoms with Gasteiger partial charge in [0.25, 0.3) is 10.0 Å². The first-order chi connectivity index (χ1) is 13.0. The lowest BCUT2D eigenvalue weighted by atomic mass is 9.93. The van der Waals surface area contributed by atoms with Gasteiger partial charge in [-0.1, -0.05) is 0 Å². The zero-order valence-electron chi connectivity index (χ0n) is 16.2. The number of hydrogen-bond acceptors (Lipinski definition) is 4. The van der Waals surface area contributed by atoms with Gasteiger partial charge in [0.05, 0.1) is 21.7 Å². The lowest BCUT2D eigenvalue weighted by Gasteiger charge is -2.26. The molecule has 0 aromatic heterocycles. The van der Waals surface area contributed by atoms with Crippen molar-refractivity contribution in [1.82, 2.24) is 0 Å². The average molecular weight is 406 g/mol. The van der Waals surface area contributed by atoms with Crippen LogP contribution in [0.3, 0.4) is 0 Å². The van der Waals surface area contributed by atoms with E-state index >= 15 is 0 Å². The van der Waals surface area contributed by atoms with E-state index in [4.69, 9.17) is 4.74 Å². The van der Waals surface area contributed by atoms with Gasteiger partial charge in [0.15, 0.2) is 0 Å². The Hall–Kier alpha value is -2.61. The molecule has 1 heterocycles. The second kappa shape index (κ2) is 7.09. The topological polar surface area (TPSA) is 75.7 Å². The third kappa shape index (κ3) is 3.69. The quantitative estimate of drug-likeness (QED) is 0.840. The molecule has 6 nitrogen and oxygen atoms in total. The second-order valence-corrected chi connectivity index (χ2v) is 9.07. The van der Waals surface area contributed by atoms with Crippen LogP contribution in [0, 0.1) is 18.2 Å². The third-order valence-corrected chi connectivity index (χ3v) is 6.20. The molecule has 3 rings (SSSR count). The van der Waals surface area contributed by atoms with Crippen molar-refractivity contribution >= 4 is 27.3 Å². The van der Waals surface area contributed by atoms with Gasteiger partial charge >= 0.3 is 0 Å². The molecule has 0 spiro atoms. The number of ether oxygens (including phenoxy) is 1. The molecule has 8 heteroatoms. The highest BCUT2D eigenvalue weighted by atomic mass is 32.2. The van der Waals surface area contributed by atoms with Gasteiger partial charge in [-0.2, -0.15) is 0 Å². The maximum absolute atomic E-state index is 13.3. The maximum Gasteiger partial charge on any atom is 0.262 e. The third-order valence-electron chi connectivity index (χ3n) is 4.66. The average Bonchev–Trinajstić information content (AvgIpc) is 2.69. The maximum atomic E-state index is 13.3. The Bertz CT molecular complexity index is 1030. The van der Waals surface area contributed by atoms with Crippen LogP contribution >= 0.6 is 0 Å². The summed E-state index contributed by atoms with van der Waals surface area (Å²) in [5.41, 5.74) is 0.507. The Labute approximate surface area is 164 Å². The zero-order valence-corrected chi connectivity index (χ0v) is 17.1. The van der Waals surface area contributed by atoms with Crippen molar-refractivity contribution in [3.63, 3.8) is 0 Å². The van der Waals surface area contributed by atoms with Crippen LogP contribution in [0.15, 0.2) is 41.3 Å². The fourth-order valence-electron chi connectivity index (χ4n) is 3.15. The Morgan fingerprint density at radius 1 is 1.21 bits per heavy atom. The molecule has 0 bridgehead atoms. The van der Waals surface area contributed by atoms with Gasteiger partial charge in [-0.15, -0.1) is 0 Å². The summed E-state index contributed by atoms with van der Waals surface area (Å²) < 4.78 is 47.0. The molecule has 0 unspecified atom stereocenters. The largest absolute Gasteiger partial charge is 0.490 e. The molecule has 0 atom stereocenters. The van der Waals surface area contributed by atoms with Crippen LogP contribution in [0.4, 0.5) is 15.8 Å². The number of carbonyl (C=O) groups is 1. The van der Waals surface area contributed by atoms with Crippen molar-refractivity contribution in [2.45, 2.75) is 32.6 Å². The van der Waals surface area contributed by atoms with E-state index in [-0.39, 0.29) is 17.4 Å². The number of anilines is 2. The van der Waals surface area contributed by atoms with Crippen LogP contribution in [0.25, 0.3) is 0 Å². The number of sulfonamides is 1. The zero-order chi connectivity index (χ0) is 20.7. The number of carbonyl (C=O) groups excluding carboxylic acids is 1.